The lowest BCUT2D eigenvalue weighted by Gasteiger charge is -2.07. The van der Waals surface area contributed by atoms with E-state index in [-0.39, 0.29) is 5.91 Å². The fourth-order valence-electron chi connectivity index (χ4n) is 2.26. The molecule has 1 aromatic heterocycles. The Morgan fingerprint density at radius 2 is 2.00 bits per heavy atom. The minimum atomic E-state index is 0.0494. The summed E-state index contributed by atoms with van der Waals surface area (Å²) < 4.78 is 15.8. The van der Waals surface area contributed by atoms with Crippen LogP contribution in [0.25, 0.3) is 11.4 Å². The molecule has 136 valence electrons. The van der Waals surface area contributed by atoms with Crippen molar-refractivity contribution in [2.45, 2.75) is 33.1 Å². The number of aromatic nitrogens is 2. The van der Waals surface area contributed by atoms with Gasteiger partial charge in [-0.1, -0.05) is 19.0 Å². The smallest absolute Gasteiger partial charge is 0.226 e. The summed E-state index contributed by atoms with van der Waals surface area (Å²) in [7, 11) is 3.16. The topological polar surface area (TPSA) is 86.5 Å². The molecule has 0 saturated carbocycles. The van der Waals surface area contributed by atoms with Crippen LogP contribution < -0.4 is 14.8 Å². The van der Waals surface area contributed by atoms with E-state index in [4.69, 9.17) is 14.0 Å². The van der Waals surface area contributed by atoms with Crippen molar-refractivity contribution in [3.63, 3.8) is 0 Å². The molecule has 1 N–H and O–H groups in total. The molecule has 2 aromatic rings. The summed E-state index contributed by atoms with van der Waals surface area (Å²) >= 11 is 0. The molecule has 7 nitrogen and oxygen atoms in total. The number of methoxy groups -OCH3 is 2. The molecule has 1 heterocycles. The van der Waals surface area contributed by atoms with Crippen LogP contribution in [0.15, 0.2) is 22.7 Å². The Bertz CT molecular complexity index is 697. The summed E-state index contributed by atoms with van der Waals surface area (Å²) in [6, 6.07) is 5.44. The Balaban J connectivity index is 1.91. The van der Waals surface area contributed by atoms with Gasteiger partial charge in [-0.15, -0.1) is 0 Å². The van der Waals surface area contributed by atoms with Crippen LogP contribution >= 0.6 is 0 Å². The summed E-state index contributed by atoms with van der Waals surface area (Å²) in [4.78, 5) is 16.1. The van der Waals surface area contributed by atoms with Crippen LogP contribution in [0, 0.1) is 5.92 Å². The van der Waals surface area contributed by atoms with Crippen molar-refractivity contribution in [2.24, 2.45) is 5.92 Å². The number of rotatable bonds is 9. The third-order valence-electron chi connectivity index (χ3n) is 3.61. The average Bonchev–Trinajstić information content (AvgIpc) is 3.08. The number of amides is 1. The SMILES string of the molecule is COc1ccc(-c2noc(CCCC(=O)NCC(C)C)n2)cc1OC. The van der Waals surface area contributed by atoms with E-state index in [1.54, 1.807) is 26.4 Å². The van der Waals surface area contributed by atoms with Crippen LogP contribution in [0.4, 0.5) is 0 Å². The van der Waals surface area contributed by atoms with E-state index >= 15 is 0 Å². The van der Waals surface area contributed by atoms with Gasteiger partial charge in [0.25, 0.3) is 0 Å². The molecule has 0 saturated heterocycles. The van der Waals surface area contributed by atoms with Crippen LogP contribution in [0.5, 0.6) is 11.5 Å². The van der Waals surface area contributed by atoms with Gasteiger partial charge < -0.3 is 19.3 Å². The largest absolute Gasteiger partial charge is 0.493 e. The lowest BCUT2D eigenvalue weighted by atomic mass is 10.2. The van der Waals surface area contributed by atoms with E-state index in [9.17, 15) is 4.79 Å². The number of nitrogens with zero attached hydrogens (tertiary/aromatic N) is 2. The molecule has 0 fully saturated rings. The second-order valence-corrected chi connectivity index (χ2v) is 6.13. The molecule has 0 unspecified atom stereocenters. The third-order valence-corrected chi connectivity index (χ3v) is 3.61. The van der Waals surface area contributed by atoms with E-state index in [1.165, 1.54) is 0 Å². The number of ether oxygens (including phenoxy) is 2. The predicted octanol–water partition coefficient (Wildman–Crippen LogP) is 2.85. The highest BCUT2D eigenvalue weighted by atomic mass is 16.5. The number of nitrogens with one attached hydrogen (secondary N) is 1. The van der Waals surface area contributed by atoms with Gasteiger partial charge in [-0.05, 0) is 30.5 Å². The number of carbonyl (C=O) groups excluding carboxylic acids is 1. The van der Waals surface area contributed by atoms with Crippen molar-refractivity contribution in [1.29, 1.82) is 0 Å². The first kappa shape index (κ1) is 18.8. The van der Waals surface area contributed by atoms with Gasteiger partial charge in [0.1, 0.15) is 0 Å². The highest BCUT2D eigenvalue weighted by molar-refractivity contribution is 5.75. The molecule has 2 rings (SSSR count). The second-order valence-electron chi connectivity index (χ2n) is 6.13. The zero-order chi connectivity index (χ0) is 18.2. The van der Waals surface area contributed by atoms with Crippen molar-refractivity contribution in [3.05, 3.63) is 24.1 Å². The number of hydrogen-bond donors (Lipinski definition) is 1. The van der Waals surface area contributed by atoms with Gasteiger partial charge in [-0.3, -0.25) is 4.79 Å². The number of aryl methyl sites for hydroxylation is 1. The molecule has 0 atom stereocenters. The Hall–Kier alpha value is -2.57. The van der Waals surface area contributed by atoms with E-state index in [0.29, 0.717) is 54.9 Å². The molecule has 0 spiro atoms. The fourth-order valence-corrected chi connectivity index (χ4v) is 2.26. The summed E-state index contributed by atoms with van der Waals surface area (Å²) in [6.07, 6.45) is 1.67. The predicted molar refractivity (Wildman–Crippen MR) is 93.6 cm³/mol. The lowest BCUT2D eigenvalue weighted by Crippen LogP contribution is -2.27. The van der Waals surface area contributed by atoms with E-state index in [2.05, 4.69) is 29.3 Å². The van der Waals surface area contributed by atoms with Crippen molar-refractivity contribution < 1.29 is 18.8 Å². The van der Waals surface area contributed by atoms with Crippen LogP contribution in [0.3, 0.4) is 0 Å². The Morgan fingerprint density at radius 3 is 2.68 bits per heavy atom. The molecule has 1 aromatic carbocycles. The first-order valence-corrected chi connectivity index (χ1v) is 8.35. The maximum atomic E-state index is 11.7. The van der Waals surface area contributed by atoms with Crippen molar-refractivity contribution in [2.75, 3.05) is 20.8 Å². The van der Waals surface area contributed by atoms with Gasteiger partial charge in [0.2, 0.25) is 17.6 Å². The molecular weight excluding hydrogens is 322 g/mol. The van der Waals surface area contributed by atoms with Gasteiger partial charge in [-0.2, -0.15) is 4.98 Å². The lowest BCUT2D eigenvalue weighted by molar-refractivity contribution is -0.121. The molecule has 0 bridgehead atoms. The summed E-state index contributed by atoms with van der Waals surface area (Å²) in [5, 5.41) is 6.88. The standard InChI is InChI=1S/C18H25N3O4/c1-12(2)11-19-16(22)6-5-7-17-20-18(21-25-17)13-8-9-14(23-3)15(10-13)24-4/h8-10,12H,5-7,11H2,1-4H3,(H,19,22). The van der Waals surface area contributed by atoms with Crippen molar-refractivity contribution in [1.82, 2.24) is 15.5 Å². The van der Waals surface area contributed by atoms with Gasteiger partial charge >= 0.3 is 0 Å². The quantitative estimate of drug-likeness (QED) is 0.750. The maximum absolute atomic E-state index is 11.7. The molecule has 1 amide bonds. The van der Waals surface area contributed by atoms with Crippen LogP contribution in [0.2, 0.25) is 0 Å². The summed E-state index contributed by atoms with van der Waals surface area (Å²) in [5.41, 5.74) is 0.780. The highest BCUT2D eigenvalue weighted by Crippen LogP contribution is 2.31. The normalized spacial score (nSPS) is 10.8. The average molecular weight is 347 g/mol. The molecule has 7 heteroatoms. The zero-order valence-electron chi connectivity index (χ0n) is 15.2. The molecule has 0 aliphatic carbocycles. The van der Waals surface area contributed by atoms with E-state index in [1.807, 2.05) is 6.07 Å². The van der Waals surface area contributed by atoms with Crippen LogP contribution in [0.1, 0.15) is 32.6 Å². The monoisotopic (exact) mass is 347 g/mol. The maximum Gasteiger partial charge on any atom is 0.226 e. The highest BCUT2D eigenvalue weighted by Gasteiger charge is 2.12. The van der Waals surface area contributed by atoms with Gasteiger partial charge in [0.15, 0.2) is 11.5 Å². The minimum Gasteiger partial charge on any atom is -0.493 e. The summed E-state index contributed by atoms with van der Waals surface area (Å²) in [6.45, 7) is 4.83. The molecule has 0 radical (unpaired) electrons. The third kappa shape index (κ3) is 5.48. The Labute approximate surface area is 147 Å². The number of benzene rings is 1. The number of hydrogen-bond acceptors (Lipinski definition) is 6. The first-order chi connectivity index (χ1) is 12.0. The molecule has 25 heavy (non-hydrogen) atoms. The van der Waals surface area contributed by atoms with Gasteiger partial charge in [-0.25, -0.2) is 0 Å². The first-order valence-electron chi connectivity index (χ1n) is 8.35. The van der Waals surface area contributed by atoms with Crippen LogP contribution in [-0.2, 0) is 11.2 Å². The van der Waals surface area contributed by atoms with Crippen LogP contribution in [-0.4, -0.2) is 36.8 Å². The fraction of sp³-hybridized carbons (Fsp3) is 0.500. The number of carbonyl (C=O) groups is 1. The molecule has 0 aliphatic heterocycles. The van der Waals surface area contributed by atoms with E-state index in [0.717, 1.165) is 5.56 Å². The van der Waals surface area contributed by atoms with Crippen molar-refractivity contribution >= 4 is 5.91 Å². The molecule has 0 aliphatic rings. The van der Waals surface area contributed by atoms with Crippen molar-refractivity contribution in [3.8, 4) is 22.9 Å². The van der Waals surface area contributed by atoms with Gasteiger partial charge in [0, 0.05) is 24.9 Å². The van der Waals surface area contributed by atoms with E-state index < -0.39 is 0 Å². The van der Waals surface area contributed by atoms with Gasteiger partial charge in [0.05, 0.1) is 14.2 Å². The Morgan fingerprint density at radius 1 is 1.24 bits per heavy atom. The Kier molecular flexibility index (Phi) is 6.80. The molecular formula is C18H25N3O4. The zero-order valence-corrected chi connectivity index (χ0v) is 15.2. The summed E-state index contributed by atoms with van der Waals surface area (Å²) in [5.74, 6) is 2.74. The minimum absolute atomic E-state index is 0.0494. The second kappa shape index (κ2) is 9.05.